The Morgan fingerprint density at radius 1 is 1.38 bits per heavy atom. The molecule has 1 amide bonds. The van der Waals surface area contributed by atoms with Crippen molar-refractivity contribution >= 4 is 5.91 Å². The number of aromatic amines is 1. The topological polar surface area (TPSA) is 74.8 Å². The minimum atomic E-state index is 0.0210. The number of carbonyl (C=O) groups excluding carboxylic acids is 1. The van der Waals surface area contributed by atoms with Crippen LogP contribution in [0.2, 0.25) is 0 Å². The van der Waals surface area contributed by atoms with Gasteiger partial charge in [0.25, 0.3) is 0 Å². The molecule has 0 aliphatic carbocycles. The van der Waals surface area contributed by atoms with Crippen LogP contribution in [0.1, 0.15) is 51.0 Å². The number of H-pyrrole nitrogens is 1. The third-order valence-corrected chi connectivity index (χ3v) is 4.24. The zero-order valence-corrected chi connectivity index (χ0v) is 14.8. The summed E-state index contributed by atoms with van der Waals surface area (Å²) in [4.78, 5) is 30.8. The van der Waals surface area contributed by atoms with E-state index in [4.69, 9.17) is 0 Å². The second-order valence-electron chi connectivity index (χ2n) is 7.73. The first-order valence-electron chi connectivity index (χ1n) is 8.45. The Labute approximate surface area is 142 Å². The summed E-state index contributed by atoms with van der Waals surface area (Å²) in [6, 6.07) is 1.99. The Balaban J connectivity index is 1.75. The first-order chi connectivity index (χ1) is 11.3. The number of amides is 1. The van der Waals surface area contributed by atoms with Gasteiger partial charge in [-0.3, -0.25) is 4.79 Å². The highest BCUT2D eigenvalue weighted by Crippen LogP contribution is 2.29. The van der Waals surface area contributed by atoms with Crippen molar-refractivity contribution < 1.29 is 4.79 Å². The lowest BCUT2D eigenvalue weighted by molar-refractivity contribution is -0.132. The van der Waals surface area contributed by atoms with Crippen LogP contribution >= 0.6 is 0 Å². The van der Waals surface area contributed by atoms with Gasteiger partial charge in [0.05, 0.1) is 0 Å². The molecule has 2 aromatic heterocycles. The van der Waals surface area contributed by atoms with Gasteiger partial charge in [-0.2, -0.15) is 0 Å². The normalized spacial score (nSPS) is 18.2. The number of aryl methyl sites for hydroxylation is 1. The number of rotatable bonds is 3. The van der Waals surface area contributed by atoms with Crippen molar-refractivity contribution in [2.24, 2.45) is 5.41 Å². The fourth-order valence-electron chi connectivity index (χ4n) is 3.12. The maximum Gasteiger partial charge on any atom is 0.223 e. The summed E-state index contributed by atoms with van der Waals surface area (Å²) in [6.07, 6.45) is 5.04. The average molecular weight is 327 g/mol. The number of hydrogen-bond acceptors (Lipinski definition) is 4. The first kappa shape index (κ1) is 16.6. The summed E-state index contributed by atoms with van der Waals surface area (Å²) in [7, 11) is 0. The standard InChI is InChI=1S/C18H25N5O/c1-12-21-14(9-15(22-12)17-19-6-7-20-17)13-5-8-23(11-13)16(24)10-18(2,3)4/h6-7,9,13H,5,8,10-11H2,1-4H3,(H,19,20)/t13-/m0/s1. The maximum atomic E-state index is 12.4. The van der Waals surface area contributed by atoms with E-state index in [2.05, 4.69) is 40.7 Å². The number of carbonyl (C=O) groups is 1. The number of aromatic nitrogens is 4. The highest BCUT2D eigenvalue weighted by molar-refractivity contribution is 5.77. The van der Waals surface area contributed by atoms with Crippen LogP contribution in [-0.2, 0) is 4.79 Å². The van der Waals surface area contributed by atoms with Crippen LogP contribution in [0.3, 0.4) is 0 Å². The Morgan fingerprint density at radius 2 is 2.17 bits per heavy atom. The number of hydrogen-bond donors (Lipinski definition) is 1. The van der Waals surface area contributed by atoms with Gasteiger partial charge in [-0.05, 0) is 24.8 Å². The van der Waals surface area contributed by atoms with Crippen molar-refractivity contribution in [3.8, 4) is 11.5 Å². The molecule has 1 N–H and O–H groups in total. The summed E-state index contributed by atoms with van der Waals surface area (Å²) in [5, 5.41) is 0. The van der Waals surface area contributed by atoms with Gasteiger partial charge in [0.1, 0.15) is 11.5 Å². The molecule has 6 heteroatoms. The minimum Gasteiger partial charge on any atom is -0.343 e. The lowest BCUT2D eigenvalue weighted by Gasteiger charge is -2.23. The number of likely N-dealkylation sites (tertiary alicyclic amines) is 1. The first-order valence-corrected chi connectivity index (χ1v) is 8.45. The van der Waals surface area contributed by atoms with Gasteiger partial charge in [-0.25, -0.2) is 15.0 Å². The van der Waals surface area contributed by atoms with E-state index in [1.54, 1.807) is 12.4 Å². The van der Waals surface area contributed by atoms with Gasteiger partial charge >= 0.3 is 0 Å². The molecular formula is C18H25N5O. The molecule has 0 bridgehead atoms. The van der Waals surface area contributed by atoms with Crippen molar-refractivity contribution in [3.05, 3.63) is 30.0 Å². The second-order valence-corrected chi connectivity index (χ2v) is 7.73. The van der Waals surface area contributed by atoms with E-state index in [0.717, 1.165) is 42.5 Å². The molecule has 3 heterocycles. The highest BCUT2D eigenvalue weighted by atomic mass is 16.2. The highest BCUT2D eigenvalue weighted by Gasteiger charge is 2.30. The molecule has 1 saturated heterocycles. The summed E-state index contributed by atoms with van der Waals surface area (Å²) in [5.41, 5.74) is 1.83. The lowest BCUT2D eigenvalue weighted by Crippen LogP contribution is -2.31. The Morgan fingerprint density at radius 3 is 2.83 bits per heavy atom. The maximum absolute atomic E-state index is 12.4. The SMILES string of the molecule is Cc1nc(-c2ncc[nH]2)cc([C@H]2CCN(C(=O)CC(C)(C)C)C2)n1. The molecule has 1 aliphatic rings. The Bertz CT molecular complexity index is 718. The molecule has 1 atom stereocenters. The second kappa shape index (κ2) is 6.34. The molecule has 0 aromatic carbocycles. The predicted octanol–water partition coefficient (Wildman–Crippen LogP) is 2.93. The lowest BCUT2D eigenvalue weighted by atomic mass is 9.91. The quantitative estimate of drug-likeness (QED) is 0.940. The van der Waals surface area contributed by atoms with E-state index >= 15 is 0 Å². The summed E-state index contributed by atoms with van der Waals surface area (Å²) < 4.78 is 0. The molecular weight excluding hydrogens is 302 g/mol. The van der Waals surface area contributed by atoms with Gasteiger partial charge < -0.3 is 9.88 Å². The molecule has 6 nitrogen and oxygen atoms in total. The van der Waals surface area contributed by atoms with E-state index < -0.39 is 0 Å². The Kier molecular flexibility index (Phi) is 4.39. The van der Waals surface area contributed by atoms with Crippen molar-refractivity contribution in [3.63, 3.8) is 0 Å². The molecule has 0 radical (unpaired) electrons. The minimum absolute atomic E-state index is 0.0210. The van der Waals surface area contributed by atoms with E-state index in [1.807, 2.05) is 17.9 Å². The predicted molar refractivity (Wildman–Crippen MR) is 92.4 cm³/mol. The van der Waals surface area contributed by atoms with Gasteiger partial charge in [-0.15, -0.1) is 0 Å². The molecule has 0 spiro atoms. The van der Waals surface area contributed by atoms with E-state index in [0.29, 0.717) is 6.42 Å². The summed E-state index contributed by atoms with van der Waals surface area (Å²) >= 11 is 0. The van der Waals surface area contributed by atoms with Gasteiger partial charge in [-0.1, -0.05) is 20.8 Å². The van der Waals surface area contributed by atoms with Crippen molar-refractivity contribution in [2.75, 3.05) is 13.1 Å². The zero-order valence-electron chi connectivity index (χ0n) is 14.8. The van der Waals surface area contributed by atoms with Crippen molar-refractivity contribution in [1.82, 2.24) is 24.8 Å². The third kappa shape index (κ3) is 3.80. The Hall–Kier alpha value is -2.24. The van der Waals surface area contributed by atoms with E-state index in [-0.39, 0.29) is 17.2 Å². The summed E-state index contributed by atoms with van der Waals surface area (Å²) in [5.74, 6) is 1.99. The average Bonchev–Trinajstić information content (AvgIpc) is 3.17. The molecule has 0 unspecified atom stereocenters. The molecule has 0 saturated carbocycles. The summed E-state index contributed by atoms with van der Waals surface area (Å²) in [6.45, 7) is 9.74. The van der Waals surface area contributed by atoms with Crippen LogP contribution in [0.5, 0.6) is 0 Å². The van der Waals surface area contributed by atoms with Crippen LogP contribution in [0.25, 0.3) is 11.5 Å². The van der Waals surface area contributed by atoms with Gasteiger partial charge in [0.15, 0.2) is 5.82 Å². The fraction of sp³-hybridized carbons (Fsp3) is 0.556. The fourth-order valence-corrected chi connectivity index (χ4v) is 3.12. The van der Waals surface area contributed by atoms with Gasteiger partial charge in [0, 0.05) is 43.5 Å². The number of imidazole rings is 1. The number of nitrogens with zero attached hydrogens (tertiary/aromatic N) is 4. The van der Waals surface area contributed by atoms with Crippen molar-refractivity contribution in [2.45, 2.75) is 46.5 Å². The molecule has 1 fully saturated rings. The van der Waals surface area contributed by atoms with Crippen LogP contribution < -0.4 is 0 Å². The number of nitrogens with one attached hydrogen (secondary N) is 1. The van der Waals surface area contributed by atoms with Crippen LogP contribution in [-0.4, -0.2) is 43.8 Å². The molecule has 24 heavy (non-hydrogen) atoms. The molecule has 2 aromatic rings. The smallest absolute Gasteiger partial charge is 0.223 e. The molecule has 128 valence electrons. The molecule has 1 aliphatic heterocycles. The molecule has 3 rings (SSSR count). The largest absolute Gasteiger partial charge is 0.343 e. The van der Waals surface area contributed by atoms with Crippen LogP contribution in [0.15, 0.2) is 18.5 Å². The monoisotopic (exact) mass is 327 g/mol. The van der Waals surface area contributed by atoms with Crippen LogP contribution in [0, 0.1) is 12.3 Å². The zero-order chi connectivity index (χ0) is 17.3. The van der Waals surface area contributed by atoms with Crippen LogP contribution in [0.4, 0.5) is 0 Å². The van der Waals surface area contributed by atoms with E-state index in [1.165, 1.54) is 0 Å². The van der Waals surface area contributed by atoms with E-state index in [9.17, 15) is 4.79 Å². The van der Waals surface area contributed by atoms with Crippen molar-refractivity contribution in [1.29, 1.82) is 0 Å². The third-order valence-electron chi connectivity index (χ3n) is 4.24. The van der Waals surface area contributed by atoms with Gasteiger partial charge in [0.2, 0.25) is 5.91 Å².